The summed E-state index contributed by atoms with van der Waals surface area (Å²) in [6, 6.07) is 10.8. The number of benzene rings is 1. The molecule has 1 unspecified atom stereocenters. The van der Waals surface area contributed by atoms with E-state index in [9.17, 15) is 0 Å². The Morgan fingerprint density at radius 3 is 3.00 bits per heavy atom. The Kier molecular flexibility index (Phi) is 3.14. The number of hydrogen-bond donors (Lipinski definition) is 1. The molecule has 1 saturated heterocycles. The van der Waals surface area contributed by atoms with Crippen molar-refractivity contribution in [1.29, 1.82) is 0 Å². The molecule has 1 aromatic carbocycles. The van der Waals surface area contributed by atoms with Crippen molar-refractivity contribution < 1.29 is 0 Å². The van der Waals surface area contributed by atoms with Crippen molar-refractivity contribution in [1.82, 2.24) is 10.2 Å². The Morgan fingerprint density at radius 1 is 1.24 bits per heavy atom. The molecule has 0 aliphatic carbocycles. The smallest absolute Gasteiger partial charge is 0.0426 e. The first-order chi connectivity index (χ1) is 8.43. The molecule has 2 aliphatic heterocycles. The molecule has 0 aromatic heterocycles. The van der Waals surface area contributed by atoms with Gasteiger partial charge in [0.15, 0.2) is 0 Å². The number of nitrogens with zero attached hydrogens (tertiary/aromatic N) is 1. The van der Waals surface area contributed by atoms with Crippen LogP contribution in [0.15, 0.2) is 42.1 Å². The van der Waals surface area contributed by atoms with Crippen molar-refractivity contribution >= 4 is 0 Å². The van der Waals surface area contributed by atoms with Crippen LogP contribution in [0.3, 0.4) is 0 Å². The van der Waals surface area contributed by atoms with Crippen LogP contribution in [0, 0.1) is 5.92 Å². The first kappa shape index (κ1) is 10.8. The summed E-state index contributed by atoms with van der Waals surface area (Å²) in [5.74, 6) is 0.751. The van der Waals surface area contributed by atoms with Crippen molar-refractivity contribution in [2.75, 3.05) is 19.6 Å². The molecule has 0 saturated carbocycles. The highest BCUT2D eigenvalue weighted by molar-refractivity contribution is 5.19. The van der Waals surface area contributed by atoms with Crippen molar-refractivity contribution in [2.45, 2.75) is 19.4 Å². The van der Waals surface area contributed by atoms with E-state index >= 15 is 0 Å². The lowest BCUT2D eigenvalue weighted by Crippen LogP contribution is -2.40. The van der Waals surface area contributed by atoms with Crippen molar-refractivity contribution in [3.8, 4) is 0 Å². The van der Waals surface area contributed by atoms with Gasteiger partial charge in [-0.1, -0.05) is 36.4 Å². The fourth-order valence-corrected chi connectivity index (χ4v) is 2.97. The number of rotatable bonds is 2. The maximum Gasteiger partial charge on any atom is 0.0426 e. The van der Waals surface area contributed by atoms with Gasteiger partial charge in [0.2, 0.25) is 0 Å². The van der Waals surface area contributed by atoms with Gasteiger partial charge < -0.3 is 10.2 Å². The number of fused-ring (bicyclic) bond motifs is 1. The van der Waals surface area contributed by atoms with E-state index in [2.05, 4.69) is 46.6 Å². The Hall–Kier alpha value is -1.28. The third-order valence-electron chi connectivity index (χ3n) is 3.83. The van der Waals surface area contributed by atoms with Gasteiger partial charge in [-0.15, -0.1) is 0 Å². The molecule has 2 nitrogen and oxygen atoms in total. The Labute approximate surface area is 103 Å². The molecule has 2 heteroatoms. The molecule has 0 bridgehead atoms. The fraction of sp³-hybridized carbons (Fsp3) is 0.467. The van der Waals surface area contributed by atoms with Crippen LogP contribution in [0.5, 0.6) is 0 Å². The van der Waals surface area contributed by atoms with E-state index in [-0.39, 0.29) is 0 Å². The zero-order valence-electron chi connectivity index (χ0n) is 10.2. The maximum absolute atomic E-state index is 3.47. The number of likely N-dealkylation sites (tertiary alicyclic amines) is 1. The van der Waals surface area contributed by atoms with Gasteiger partial charge in [-0.2, -0.15) is 0 Å². The fourth-order valence-electron chi connectivity index (χ4n) is 2.97. The zero-order chi connectivity index (χ0) is 11.5. The minimum Gasteiger partial charge on any atom is -0.370 e. The molecule has 3 rings (SSSR count). The predicted octanol–water partition coefficient (Wildman–Crippen LogP) is 2.39. The summed E-state index contributed by atoms with van der Waals surface area (Å²) < 4.78 is 0. The van der Waals surface area contributed by atoms with E-state index < -0.39 is 0 Å². The quantitative estimate of drug-likeness (QED) is 0.836. The average Bonchev–Trinajstić information content (AvgIpc) is 2.40. The van der Waals surface area contributed by atoms with Crippen LogP contribution in [0.25, 0.3) is 0 Å². The highest BCUT2D eigenvalue weighted by atomic mass is 15.2. The van der Waals surface area contributed by atoms with Crippen LogP contribution in [0.2, 0.25) is 0 Å². The summed E-state index contributed by atoms with van der Waals surface area (Å²) in [6.07, 6.45) is 5.07. The van der Waals surface area contributed by atoms with E-state index in [1.807, 2.05) is 0 Å². The molecule has 1 atom stereocenters. The van der Waals surface area contributed by atoms with Crippen molar-refractivity contribution in [2.24, 2.45) is 5.92 Å². The van der Waals surface area contributed by atoms with Gasteiger partial charge >= 0.3 is 0 Å². The summed E-state index contributed by atoms with van der Waals surface area (Å²) in [4.78, 5) is 2.57. The summed E-state index contributed by atoms with van der Waals surface area (Å²) >= 11 is 0. The molecule has 2 aliphatic rings. The lowest BCUT2D eigenvalue weighted by Gasteiger charge is -2.39. The van der Waals surface area contributed by atoms with Crippen LogP contribution in [-0.2, 0) is 6.54 Å². The van der Waals surface area contributed by atoms with Crippen molar-refractivity contribution in [3.05, 3.63) is 47.7 Å². The van der Waals surface area contributed by atoms with E-state index in [4.69, 9.17) is 0 Å². The Balaban J connectivity index is 1.76. The number of nitrogens with one attached hydrogen (secondary N) is 1. The second-order valence-corrected chi connectivity index (χ2v) is 5.03. The van der Waals surface area contributed by atoms with Gasteiger partial charge in [-0.05, 0) is 18.4 Å². The summed E-state index contributed by atoms with van der Waals surface area (Å²) in [6.45, 7) is 4.49. The van der Waals surface area contributed by atoms with Crippen LogP contribution in [-0.4, -0.2) is 24.5 Å². The Bertz CT molecular complexity index is 397. The molecule has 1 N–H and O–H groups in total. The molecule has 2 heterocycles. The summed E-state index contributed by atoms with van der Waals surface area (Å²) in [5, 5.41) is 3.47. The number of hydrogen-bond acceptors (Lipinski definition) is 2. The molecule has 0 spiro atoms. The third-order valence-corrected chi connectivity index (χ3v) is 3.83. The van der Waals surface area contributed by atoms with E-state index in [1.165, 1.54) is 24.9 Å². The molecule has 0 radical (unpaired) electrons. The van der Waals surface area contributed by atoms with Crippen LogP contribution >= 0.6 is 0 Å². The van der Waals surface area contributed by atoms with Crippen LogP contribution in [0.1, 0.15) is 18.4 Å². The monoisotopic (exact) mass is 228 g/mol. The molecule has 17 heavy (non-hydrogen) atoms. The van der Waals surface area contributed by atoms with Crippen LogP contribution in [0.4, 0.5) is 0 Å². The minimum absolute atomic E-state index is 0.751. The van der Waals surface area contributed by atoms with E-state index in [0.29, 0.717) is 0 Å². The standard InChI is InChI=1S/C15H20N2/c1-2-5-13(6-3-1)12-17-10-4-7-14-11-16-9-8-15(14)17/h1-3,5-6,8,14,16H,4,7,9-12H2. The summed E-state index contributed by atoms with van der Waals surface area (Å²) in [5.41, 5.74) is 3.01. The van der Waals surface area contributed by atoms with Gasteiger partial charge in [-0.25, -0.2) is 0 Å². The lowest BCUT2D eigenvalue weighted by atomic mass is 9.91. The van der Waals surface area contributed by atoms with Gasteiger partial charge in [0.25, 0.3) is 0 Å². The average molecular weight is 228 g/mol. The zero-order valence-corrected chi connectivity index (χ0v) is 10.2. The van der Waals surface area contributed by atoms with Gasteiger partial charge in [0.1, 0.15) is 0 Å². The topological polar surface area (TPSA) is 15.3 Å². The highest BCUT2D eigenvalue weighted by Gasteiger charge is 2.26. The largest absolute Gasteiger partial charge is 0.370 e. The molecule has 90 valence electrons. The lowest BCUT2D eigenvalue weighted by molar-refractivity contribution is 0.223. The van der Waals surface area contributed by atoms with Crippen molar-refractivity contribution in [3.63, 3.8) is 0 Å². The molecule has 1 fully saturated rings. The third kappa shape index (κ3) is 2.37. The van der Waals surface area contributed by atoms with E-state index in [1.54, 1.807) is 5.70 Å². The Morgan fingerprint density at radius 2 is 2.12 bits per heavy atom. The second kappa shape index (κ2) is 4.92. The highest BCUT2D eigenvalue weighted by Crippen LogP contribution is 2.29. The second-order valence-electron chi connectivity index (χ2n) is 5.03. The molecular weight excluding hydrogens is 208 g/mol. The predicted molar refractivity (Wildman–Crippen MR) is 70.5 cm³/mol. The first-order valence-electron chi connectivity index (χ1n) is 6.63. The van der Waals surface area contributed by atoms with Gasteiger partial charge in [0, 0.05) is 37.8 Å². The van der Waals surface area contributed by atoms with E-state index in [0.717, 1.165) is 25.6 Å². The first-order valence-corrected chi connectivity index (χ1v) is 6.63. The summed E-state index contributed by atoms with van der Waals surface area (Å²) in [7, 11) is 0. The SMILES string of the molecule is C1=C2C(CCCN2Cc2ccccc2)CNC1. The van der Waals surface area contributed by atoms with Crippen LogP contribution < -0.4 is 5.32 Å². The minimum atomic E-state index is 0.751. The molecular formula is C15H20N2. The molecule has 1 aromatic rings. The molecule has 0 amide bonds. The van der Waals surface area contributed by atoms with Gasteiger partial charge in [-0.3, -0.25) is 0 Å². The normalized spacial score (nSPS) is 24.1. The maximum atomic E-state index is 3.47. The number of piperidine rings is 1. The van der Waals surface area contributed by atoms with Gasteiger partial charge in [0.05, 0.1) is 0 Å².